The van der Waals surface area contributed by atoms with Gasteiger partial charge < -0.3 is 9.47 Å². The van der Waals surface area contributed by atoms with E-state index in [1.807, 2.05) is 0 Å². The molecular formula is C48H66O2. The molecule has 0 unspecified atom stereocenters. The fourth-order valence-electron chi connectivity index (χ4n) is 6.95. The molecule has 0 saturated heterocycles. The number of hydrogen-bond acceptors (Lipinski definition) is 2. The Kier molecular flexibility index (Phi) is 18.1. The predicted octanol–water partition coefficient (Wildman–Crippen LogP) is 15.0. The van der Waals surface area contributed by atoms with Gasteiger partial charge in [0.1, 0.15) is 11.5 Å². The first-order chi connectivity index (χ1) is 24.6. The van der Waals surface area contributed by atoms with Crippen molar-refractivity contribution in [2.45, 2.75) is 130 Å². The molecule has 4 aromatic carbocycles. The highest BCUT2D eigenvalue weighted by Crippen LogP contribution is 2.30. The summed E-state index contributed by atoms with van der Waals surface area (Å²) in [5.74, 6) is 3.28. The van der Waals surface area contributed by atoms with Gasteiger partial charge in [-0.05, 0) is 95.2 Å². The van der Waals surface area contributed by atoms with E-state index in [4.69, 9.17) is 9.47 Å². The zero-order valence-electron chi connectivity index (χ0n) is 31.9. The van der Waals surface area contributed by atoms with Crippen molar-refractivity contribution in [2.24, 2.45) is 11.8 Å². The third kappa shape index (κ3) is 13.7. The van der Waals surface area contributed by atoms with Crippen LogP contribution >= 0.6 is 0 Å². The second-order valence-corrected chi connectivity index (χ2v) is 14.5. The van der Waals surface area contributed by atoms with Crippen LogP contribution in [-0.2, 0) is 0 Å². The van der Waals surface area contributed by atoms with Crippen molar-refractivity contribution in [3.8, 4) is 44.9 Å². The van der Waals surface area contributed by atoms with Gasteiger partial charge >= 0.3 is 0 Å². The lowest BCUT2D eigenvalue weighted by atomic mass is 9.96. The Morgan fingerprint density at radius 1 is 0.320 bits per heavy atom. The minimum absolute atomic E-state index is 0.663. The second-order valence-electron chi connectivity index (χ2n) is 14.5. The van der Waals surface area contributed by atoms with E-state index in [1.54, 1.807) is 0 Å². The SMILES string of the molecule is CCCCCC[C@@H](CCCC)COc1ccc(-c2ccc(-c3ccc(-c4ccc(OC[C@H](CCCC)CCCCCC)cc4)cc3)cc2)cc1. The average molecular weight is 675 g/mol. The van der Waals surface area contributed by atoms with Gasteiger partial charge in [-0.15, -0.1) is 0 Å². The standard InChI is InChI=1S/C48H66O2/c1-5-9-13-15-19-39(17-11-7-3)37-49-47-33-29-45(30-34-47)43-25-21-41(22-26-43)42-23-27-44(28-24-42)46-31-35-48(36-32-46)50-38-40(18-12-8-4)20-16-14-10-6-2/h21-36,39-40H,5-20,37-38H2,1-4H3/t39-,40-/m1/s1. The molecule has 2 nitrogen and oxygen atoms in total. The molecular weight excluding hydrogens is 609 g/mol. The third-order valence-electron chi connectivity index (χ3n) is 10.3. The van der Waals surface area contributed by atoms with Gasteiger partial charge in [-0.25, -0.2) is 0 Å². The van der Waals surface area contributed by atoms with Gasteiger partial charge in [0.05, 0.1) is 13.2 Å². The lowest BCUT2D eigenvalue weighted by molar-refractivity contribution is 0.225. The maximum absolute atomic E-state index is 6.28. The smallest absolute Gasteiger partial charge is 0.119 e. The van der Waals surface area contributed by atoms with Gasteiger partial charge in [-0.2, -0.15) is 0 Å². The van der Waals surface area contributed by atoms with Crippen LogP contribution in [0.1, 0.15) is 130 Å². The zero-order valence-corrected chi connectivity index (χ0v) is 31.9. The van der Waals surface area contributed by atoms with E-state index in [1.165, 1.54) is 136 Å². The Morgan fingerprint density at radius 3 is 0.860 bits per heavy atom. The van der Waals surface area contributed by atoms with Gasteiger partial charge in [0.2, 0.25) is 0 Å². The summed E-state index contributed by atoms with van der Waals surface area (Å²) < 4.78 is 12.6. The van der Waals surface area contributed by atoms with E-state index >= 15 is 0 Å². The molecule has 0 N–H and O–H groups in total. The van der Waals surface area contributed by atoms with Crippen molar-refractivity contribution in [3.05, 3.63) is 97.1 Å². The number of ether oxygens (including phenoxy) is 2. The number of benzene rings is 4. The lowest BCUT2D eigenvalue weighted by Crippen LogP contribution is -2.12. The molecule has 270 valence electrons. The summed E-state index contributed by atoms with van der Waals surface area (Å²) in [6.45, 7) is 10.8. The van der Waals surface area contributed by atoms with Gasteiger partial charge in [0, 0.05) is 0 Å². The normalized spacial score (nSPS) is 12.5. The summed E-state index contributed by atoms with van der Waals surface area (Å²) in [7, 11) is 0. The zero-order chi connectivity index (χ0) is 35.2. The molecule has 0 heterocycles. The van der Waals surface area contributed by atoms with Crippen LogP contribution in [0.2, 0.25) is 0 Å². The van der Waals surface area contributed by atoms with Gasteiger partial charge in [-0.1, -0.05) is 178 Å². The molecule has 0 spiro atoms. The van der Waals surface area contributed by atoms with E-state index in [2.05, 4.69) is 125 Å². The molecule has 50 heavy (non-hydrogen) atoms. The summed E-state index contributed by atoms with van der Waals surface area (Å²) in [6.07, 6.45) is 20.9. The van der Waals surface area contributed by atoms with E-state index in [0.717, 1.165) is 24.7 Å². The predicted molar refractivity (Wildman–Crippen MR) is 217 cm³/mol. The maximum Gasteiger partial charge on any atom is 0.119 e. The van der Waals surface area contributed by atoms with Crippen LogP contribution in [0.25, 0.3) is 33.4 Å². The molecule has 4 rings (SSSR count). The van der Waals surface area contributed by atoms with E-state index < -0.39 is 0 Å². The molecule has 0 aromatic heterocycles. The van der Waals surface area contributed by atoms with Crippen molar-refractivity contribution in [1.82, 2.24) is 0 Å². The Bertz CT molecular complexity index is 1310. The van der Waals surface area contributed by atoms with Gasteiger partial charge in [-0.3, -0.25) is 0 Å². The van der Waals surface area contributed by atoms with Gasteiger partial charge in [0.15, 0.2) is 0 Å². The highest BCUT2D eigenvalue weighted by molar-refractivity contribution is 5.73. The molecule has 0 aliphatic heterocycles. The van der Waals surface area contributed by atoms with Gasteiger partial charge in [0.25, 0.3) is 0 Å². The van der Waals surface area contributed by atoms with Crippen LogP contribution in [0.4, 0.5) is 0 Å². The molecule has 0 aliphatic carbocycles. The number of unbranched alkanes of at least 4 members (excludes halogenated alkanes) is 8. The van der Waals surface area contributed by atoms with Crippen LogP contribution in [0.5, 0.6) is 11.5 Å². The topological polar surface area (TPSA) is 18.5 Å². The minimum Gasteiger partial charge on any atom is -0.493 e. The molecule has 0 radical (unpaired) electrons. The first-order valence-electron chi connectivity index (χ1n) is 20.3. The Hall–Kier alpha value is -3.52. The van der Waals surface area contributed by atoms with Crippen molar-refractivity contribution >= 4 is 0 Å². The fraction of sp³-hybridized carbons (Fsp3) is 0.500. The van der Waals surface area contributed by atoms with E-state index in [-0.39, 0.29) is 0 Å². The van der Waals surface area contributed by atoms with Crippen LogP contribution < -0.4 is 9.47 Å². The van der Waals surface area contributed by atoms with Crippen LogP contribution in [0.3, 0.4) is 0 Å². The van der Waals surface area contributed by atoms with Crippen LogP contribution in [0, 0.1) is 11.8 Å². The molecule has 2 atom stereocenters. The first kappa shape index (κ1) is 39.3. The first-order valence-corrected chi connectivity index (χ1v) is 20.3. The van der Waals surface area contributed by atoms with E-state index in [0.29, 0.717) is 11.8 Å². The summed E-state index contributed by atoms with van der Waals surface area (Å²) in [5.41, 5.74) is 7.35. The Balaban J connectivity index is 1.28. The average Bonchev–Trinajstić information content (AvgIpc) is 3.17. The molecule has 0 amide bonds. The molecule has 4 aromatic rings. The summed E-state index contributed by atoms with van der Waals surface area (Å²) in [5, 5.41) is 0. The maximum atomic E-state index is 6.28. The third-order valence-corrected chi connectivity index (χ3v) is 10.3. The molecule has 0 bridgehead atoms. The number of rotatable bonds is 25. The van der Waals surface area contributed by atoms with Crippen molar-refractivity contribution in [1.29, 1.82) is 0 Å². The summed E-state index contributed by atoms with van der Waals surface area (Å²) >= 11 is 0. The molecule has 0 aliphatic rings. The molecule has 2 heteroatoms. The van der Waals surface area contributed by atoms with Crippen molar-refractivity contribution in [2.75, 3.05) is 13.2 Å². The number of hydrogen-bond donors (Lipinski definition) is 0. The largest absolute Gasteiger partial charge is 0.493 e. The minimum atomic E-state index is 0.663. The van der Waals surface area contributed by atoms with Crippen molar-refractivity contribution in [3.63, 3.8) is 0 Å². The lowest BCUT2D eigenvalue weighted by Gasteiger charge is -2.18. The molecule has 0 fully saturated rings. The summed E-state index contributed by atoms with van der Waals surface area (Å²) in [6, 6.07) is 35.1. The second kappa shape index (κ2) is 23.0. The van der Waals surface area contributed by atoms with E-state index in [9.17, 15) is 0 Å². The van der Waals surface area contributed by atoms with Crippen molar-refractivity contribution < 1.29 is 9.47 Å². The highest BCUT2D eigenvalue weighted by atomic mass is 16.5. The summed E-state index contributed by atoms with van der Waals surface area (Å²) in [4.78, 5) is 0. The highest BCUT2D eigenvalue weighted by Gasteiger charge is 2.12. The Morgan fingerprint density at radius 2 is 0.580 bits per heavy atom. The van der Waals surface area contributed by atoms with Crippen LogP contribution in [-0.4, -0.2) is 13.2 Å². The monoisotopic (exact) mass is 675 g/mol. The molecule has 0 saturated carbocycles. The fourth-order valence-corrected chi connectivity index (χ4v) is 6.95. The Labute approximate surface area is 306 Å². The quantitative estimate of drug-likeness (QED) is 0.0651. The van der Waals surface area contributed by atoms with Crippen LogP contribution in [0.15, 0.2) is 97.1 Å².